The number of phenolic OH excluding ortho intramolecular Hbond substituents is 1. The molecule has 0 atom stereocenters. The third-order valence-corrected chi connectivity index (χ3v) is 5.70. The van der Waals surface area contributed by atoms with Crippen molar-refractivity contribution >= 4 is 34.8 Å². The van der Waals surface area contributed by atoms with Gasteiger partial charge in [0.2, 0.25) is 0 Å². The summed E-state index contributed by atoms with van der Waals surface area (Å²) < 4.78 is 1.54. The minimum Gasteiger partial charge on any atom is -0.507 e. The van der Waals surface area contributed by atoms with Crippen molar-refractivity contribution in [3.8, 4) is 11.4 Å². The molecule has 0 fully saturated rings. The van der Waals surface area contributed by atoms with E-state index in [9.17, 15) is 14.7 Å². The number of hydrogen-bond acceptors (Lipinski definition) is 6. The van der Waals surface area contributed by atoms with E-state index in [2.05, 4.69) is 15.5 Å². The highest BCUT2D eigenvalue weighted by Gasteiger charge is 2.15. The molecule has 0 unspecified atom stereocenters. The third-order valence-electron chi connectivity index (χ3n) is 4.76. The number of fused-ring (bicyclic) bond motifs is 1. The zero-order chi connectivity index (χ0) is 22.5. The molecule has 1 aromatic heterocycles. The molecule has 32 heavy (non-hydrogen) atoms. The molecule has 0 aliphatic rings. The highest BCUT2D eigenvalue weighted by atomic mass is 32.2. The van der Waals surface area contributed by atoms with E-state index < -0.39 is 0 Å². The van der Waals surface area contributed by atoms with Crippen molar-refractivity contribution in [2.75, 3.05) is 5.75 Å². The van der Waals surface area contributed by atoms with E-state index in [0.29, 0.717) is 21.6 Å². The highest BCUT2D eigenvalue weighted by molar-refractivity contribution is 7.99. The number of phenols is 1. The molecule has 0 bridgehead atoms. The predicted octanol–water partition coefficient (Wildman–Crippen LogP) is 3.64. The maximum atomic E-state index is 13.3. The van der Waals surface area contributed by atoms with Gasteiger partial charge in [0.05, 0.1) is 28.6 Å². The zero-order valence-corrected chi connectivity index (χ0v) is 18.0. The summed E-state index contributed by atoms with van der Waals surface area (Å²) in [4.78, 5) is 30.2. The first-order chi connectivity index (χ1) is 15.5. The fourth-order valence-corrected chi connectivity index (χ4v) is 3.97. The molecular weight excluding hydrogens is 424 g/mol. The molecule has 4 aromatic rings. The minimum atomic E-state index is -0.361. The average molecular weight is 445 g/mol. The summed E-state index contributed by atoms with van der Waals surface area (Å²) in [6, 6.07) is 21.4. The summed E-state index contributed by atoms with van der Waals surface area (Å²) in [5.74, 6) is -0.280. The van der Waals surface area contributed by atoms with Crippen molar-refractivity contribution in [1.29, 1.82) is 0 Å². The van der Waals surface area contributed by atoms with E-state index in [1.165, 1.54) is 12.3 Å². The number of thioether (sulfide) groups is 1. The van der Waals surface area contributed by atoms with E-state index in [-0.39, 0.29) is 23.0 Å². The summed E-state index contributed by atoms with van der Waals surface area (Å²) in [6.45, 7) is 1.92. The number of para-hydroxylation sites is 3. The Morgan fingerprint density at radius 3 is 2.62 bits per heavy atom. The fourth-order valence-electron chi connectivity index (χ4n) is 3.17. The van der Waals surface area contributed by atoms with Crippen molar-refractivity contribution in [1.82, 2.24) is 15.0 Å². The number of amides is 1. The Morgan fingerprint density at radius 1 is 1.09 bits per heavy atom. The number of carbonyl (C=O) groups is 1. The van der Waals surface area contributed by atoms with Crippen molar-refractivity contribution in [3.63, 3.8) is 0 Å². The lowest BCUT2D eigenvalue weighted by atomic mass is 10.2. The number of rotatable bonds is 6. The van der Waals surface area contributed by atoms with Crippen LogP contribution in [0.1, 0.15) is 11.1 Å². The lowest BCUT2D eigenvalue weighted by Crippen LogP contribution is -2.24. The predicted molar refractivity (Wildman–Crippen MR) is 127 cm³/mol. The van der Waals surface area contributed by atoms with Crippen LogP contribution in [-0.4, -0.2) is 32.5 Å². The summed E-state index contributed by atoms with van der Waals surface area (Å²) in [6.07, 6.45) is 1.37. The number of nitrogens with zero attached hydrogens (tertiary/aromatic N) is 3. The number of aryl methyl sites for hydroxylation is 1. The number of carbonyl (C=O) groups excluding carboxylic acids is 1. The normalized spacial score (nSPS) is 11.2. The summed E-state index contributed by atoms with van der Waals surface area (Å²) in [5.41, 5.74) is 4.95. The Hall–Kier alpha value is -3.91. The van der Waals surface area contributed by atoms with E-state index in [1.807, 2.05) is 37.3 Å². The Kier molecular flexibility index (Phi) is 6.32. The largest absolute Gasteiger partial charge is 0.507 e. The summed E-state index contributed by atoms with van der Waals surface area (Å²) in [5, 5.41) is 14.6. The van der Waals surface area contributed by atoms with Gasteiger partial charge in [-0.25, -0.2) is 10.4 Å². The first-order valence-electron chi connectivity index (χ1n) is 9.85. The number of nitrogens with one attached hydrogen (secondary N) is 1. The van der Waals surface area contributed by atoms with Gasteiger partial charge in [0.25, 0.3) is 11.5 Å². The monoisotopic (exact) mass is 444 g/mol. The van der Waals surface area contributed by atoms with Gasteiger partial charge in [-0.3, -0.25) is 14.2 Å². The molecule has 0 aliphatic heterocycles. The Labute approximate surface area is 188 Å². The molecule has 0 saturated heterocycles. The molecule has 0 aliphatic carbocycles. The van der Waals surface area contributed by atoms with E-state index in [4.69, 9.17) is 0 Å². The maximum absolute atomic E-state index is 13.3. The van der Waals surface area contributed by atoms with Crippen LogP contribution in [0.3, 0.4) is 0 Å². The van der Waals surface area contributed by atoms with Crippen LogP contribution >= 0.6 is 11.8 Å². The molecule has 8 heteroatoms. The van der Waals surface area contributed by atoms with Gasteiger partial charge in [0.1, 0.15) is 5.75 Å². The number of aromatic hydroxyl groups is 1. The summed E-state index contributed by atoms with van der Waals surface area (Å²) in [7, 11) is 0. The van der Waals surface area contributed by atoms with E-state index in [1.54, 1.807) is 41.0 Å². The first kappa shape index (κ1) is 21.3. The molecule has 2 N–H and O–H groups in total. The second kappa shape index (κ2) is 9.49. The lowest BCUT2D eigenvalue weighted by molar-refractivity contribution is -0.118. The van der Waals surface area contributed by atoms with Gasteiger partial charge in [-0.05, 0) is 42.8 Å². The Bertz CT molecular complexity index is 1380. The van der Waals surface area contributed by atoms with Gasteiger partial charge in [0.15, 0.2) is 5.16 Å². The van der Waals surface area contributed by atoms with Gasteiger partial charge >= 0.3 is 0 Å². The van der Waals surface area contributed by atoms with Crippen molar-refractivity contribution < 1.29 is 9.90 Å². The zero-order valence-electron chi connectivity index (χ0n) is 17.2. The molecule has 3 aromatic carbocycles. The van der Waals surface area contributed by atoms with E-state index in [0.717, 1.165) is 23.0 Å². The van der Waals surface area contributed by atoms with Crippen LogP contribution in [0.15, 0.2) is 87.8 Å². The molecule has 1 heterocycles. The molecule has 1 amide bonds. The number of hydrogen-bond donors (Lipinski definition) is 2. The van der Waals surface area contributed by atoms with Gasteiger partial charge < -0.3 is 5.11 Å². The van der Waals surface area contributed by atoms with Crippen LogP contribution in [0, 0.1) is 6.92 Å². The van der Waals surface area contributed by atoms with Crippen LogP contribution in [0.2, 0.25) is 0 Å². The van der Waals surface area contributed by atoms with Crippen LogP contribution in [0.5, 0.6) is 5.75 Å². The molecule has 0 radical (unpaired) electrons. The van der Waals surface area contributed by atoms with Gasteiger partial charge in [0, 0.05) is 5.56 Å². The van der Waals surface area contributed by atoms with Crippen molar-refractivity contribution in [3.05, 3.63) is 94.3 Å². The van der Waals surface area contributed by atoms with Gasteiger partial charge in [-0.2, -0.15) is 5.10 Å². The van der Waals surface area contributed by atoms with Crippen molar-refractivity contribution in [2.24, 2.45) is 5.10 Å². The average Bonchev–Trinajstić information content (AvgIpc) is 2.80. The Balaban J connectivity index is 1.59. The molecule has 0 spiro atoms. The third kappa shape index (κ3) is 4.55. The number of hydrazone groups is 1. The maximum Gasteiger partial charge on any atom is 0.266 e. The van der Waals surface area contributed by atoms with Crippen LogP contribution < -0.4 is 11.0 Å². The van der Waals surface area contributed by atoms with Crippen LogP contribution in [0.4, 0.5) is 0 Å². The quantitative estimate of drug-likeness (QED) is 0.205. The van der Waals surface area contributed by atoms with Gasteiger partial charge in [-0.15, -0.1) is 0 Å². The standard InChI is InChI=1S/C24H20N4O3S/c1-16-8-2-6-12-20(16)28-23(31)18-10-4-5-11-19(18)26-24(28)32-15-22(30)27-25-14-17-9-3-7-13-21(17)29/h2-14,29H,15H2,1H3,(H,27,30)/b25-14-. The number of aromatic nitrogens is 2. The fraction of sp³-hybridized carbons (Fsp3) is 0.0833. The molecule has 7 nitrogen and oxygen atoms in total. The Morgan fingerprint density at radius 2 is 1.81 bits per heavy atom. The second-order valence-electron chi connectivity index (χ2n) is 6.98. The first-order valence-corrected chi connectivity index (χ1v) is 10.8. The molecule has 160 valence electrons. The highest BCUT2D eigenvalue weighted by Crippen LogP contribution is 2.23. The number of benzene rings is 3. The van der Waals surface area contributed by atoms with Gasteiger partial charge in [-0.1, -0.05) is 54.2 Å². The molecule has 0 saturated carbocycles. The lowest BCUT2D eigenvalue weighted by Gasteiger charge is -2.14. The van der Waals surface area contributed by atoms with E-state index >= 15 is 0 Å². The molecule has 4 rings (SSSR count). The second-order valence-corrected chi connectivity index (χ2v) is 7.92. The molecular formula is C24H20N4O3S. The van der Waals surface area contributed by atoms with Crippen molar-refractivity contribution in [2.45, 2.75) is 12.1 Å². The van der Waals surface area contributed by atoms with Crippen LogP contribution in [-0.2, 0) is 4.79 Å². The summed E-state index contributed by atoms with van der Waals surface area (Å²) >= 11 is 1.15. The topological polar surface area (TPSA) is 96.6 Å². The SMILES string of the molecule is Cc1ccccc1-n1c(SCC(=O)N/N=C\c2ccccc2O)nc2ccccc2c1=O. The smallest absolute Gasteiger partial charge is 0.266 e. The van der Waals surface area contributed by atoms with Crippen LogP contribution in [0.25, 0.3) is 16.6 Å². The minimum absolute atomic E-state index is 0.00870.